The molecule has 14 nitrogen and oxygen atoms in total. The zero-order chi connectivity index (χ0) is 45.8. The summed E-state index contributed by atoms with van der Waals surface area (Å²) in [5.74, 6) is -3.36. The van der Waals surface area contributed by atoms with Gasteiger partial charge in [0, 0.05) is 42.1 Å². The first-order valence-electron chi connectivity index (χ1n) is 20.4. The van der Waals surface area contributed by atoms with E-state index in [1.54, 1.807) is 6.20 Å². The maximum Gasteiger partial charge on any atom is 0.490 e. The van der Waals surface area contributed by atoms with E-state index in [1.165, 1.54) is 0 Å². The van der Waals surface area contributed by atoms with Crippen LogP contribution in [0.4, 0.5) is 23.7 Å². The number of H-pyrrole nitrogens is 1. The molecule has 6 N–H and O–H groups in total. The number of fused-ring (bicyclic) bond motifs is 1. The number of nitrogens with zero attached hydrogens (tertiary/aromatic N) is 1. The van der Waals surface area contributed by atoms with Crippen LogP contribution in [0.2, 0.25) is 0 Å². The van der Waals surface area contributed by atoms with Gasteiger partial charge in [-0.05, 0) is 133 Å². The number of nitrogens with one attached hydrogen (secondary N) is 5. The fraction of sp³-hybridized carbons (Fsp3) is 0.467. The molecule has 1 aliphatic rings. The van der Waals surface area contributed by atoms with Crippen LogP contribution in [0.3, 0.4) is 0 Å². The molecule has 1 heterocycles. The number of aromatic nitrogens is 2. The van der Waals surface area contributed by atoms with E-state index in [0.29, 0.717) is 43.8 Å². The number of aryl methyl sites for hydroxylation is 1. The van der Waals surface area contributed by atoms with Crippen molar-refractivity contribution in [1.29, 1.82) is 0 Å². The molecule has 17 heteroatoms. The Labute approximate surface area is 359 Å². The van der Waals surface area contributed by atoms with Crippen LogP contribution in [-0.2, 0) is 30.3 Å². The maximum absolute atomic E-state index is 13.8. The van der Waals surface area contributed by atoms with Gasteiger partial charge >= 0.3 is 18.2 Å². The van der Waals surface area contributed by atoms with E-state index in [0.717, 1.165) is 46.0 Å². The van der Waals surface area contributed by atoms with Gasteiger partial charge in [0.1, 0.15) is 11.6 Å². The molecule has 4 amide bonds. The number of halogens is 3. The number of carbonyl (C=O) groups is 5. The molecule has 336 valence electrons. The second-order valence-electron chi connectivity index (χ2n) is 17.3. The number of ether oxygens (including phenoxy) is 2. The minimum atomic E-state index is -5.08. The monoisotopic (exact) mass is 866 g/mol. The molecule has 1 aliphatic carbocycles. The smallest absolute Gasteiger partial charge is 0.475 e. The molecule has 0 unspecified atom stereocenters. The number of carboxylic acids is 1. The van der Waals surface area contributed by atoms with Gasteiger partial charge in [-0.15, -0.1) is 0 Å². The Morgan fingerprint density at radius 2 is 1.53 bits per heavy atom. The predicted octanol–water partition coefficient (Wildman–Crippen LogP) is 7.71. The molecule has 0 spiro atoms. The Bertz CT molecular complexity index is 2170. The van der Waals surface area contributed by atoms with Crippen LogP contribution >= 0.6 is 0 Å². The number of alkyl halides is 3. The van der Waals surface area contributed by atoms with Gasteiger partial charge in [0.15, 0.2) is 0 Å². The lowest BCUT2D eigenvalue weighted by Gasteiger charge is -2.29. The molecule has 0 saturated heterocycles. The Balaban J connectivity index is 0.00000111. The highest BCUT2D eigenvalue weighted by atomic mass is 19.4. The first-order valence-corrected chi connectivity index (χ1v) is 20.4. The molecule has 0 aliphatic heterocycles. The number of carbonyl (C=O) groups excluding carboxylic acids is 4. The first-order chi connectivity index (χ1) is 29.0. The molecule has 62 heavy (non-hydrogen) atoms. The molecule has 3 aromatic carbocycles. The summed E-state index contributed by atoms with van der Waals surface area (Å²) in [4.78, 5) is 61.3. The van der Waals surface area contributed by atoms with Crippen molar-refractivity contribution in [3.63, 3.8) is 0 Å². The highest BCUT2D eigenvalue weighted by Gasteiger charge is 2.38. The van der Waals surface area contributed by atoms with Gasteiger partial charge in [-0.25, -0.2) is 9.59 Å². The number of anilines is 1. The normalized spacial score (nSPS) is 16.0. The van der Waals surface area contributed by atoms with E-state index in [2.05, 4.69) is 31.5 Å². The summed E-state index contributed by atoms with van der Waals surface area (Å²) < 4.78 is 42.8. The van der Waals surface area contributed by atoms with E-state index >= 15 is 0 Å². The summed E-state index contributed by atoms with van der Waals surface area (Å²) in [5, 5.41) is 26.9. The van der Waals surface area contributed by atoms with Crippen LogP contribution in [0.15, 0.2) is 66.9 Å². The van der Waals surface area contributed by atoms with E-state index in [-0.39, 0.29) is 41.6 Å². The highest BCUT2D eigenvalue weighted by Crippen LogP contribution is 2.30. The largest absolute Gasteiger partial charge is 0.490 e. The van der Waals surface area contributed by atoms with Gasteiger partial charge in [-0.3, -0.25) is 19.5 Å². The molecule has 1 saturated carbocycles. The third kappa shape index (κ3) is 15.8. The zero-order valence-corrected chi connectivity index (χ0v) is 36.1. The minimum absolute atomic E-state index is 0.151. The number of rotatable bonds is 13. The molecular formula is C45H57F3N6O8. The molecule has 1 fully saturated rings. The molecule has 1 aromatic heterocycles. The van der Waals surface area contributed by atoms with Crippen LogP contribution in [-0.4, -0.2) is 88.2 Å². The first kappa shape index (κ1) is 48.7. The van der Waals surface area contributed by atoms with Crippen LogP contribution < -0.4 is 21.3 Å². The number of amides is 4. The molecular weight excluding hydrogens is 810 g/mol. The number of aliphatic carboxylic acids is 1. The Morgan fingerprint density at radius 1 is 0.871 bits per heavy atom. The highest BCUT2D eigenvalue weighted by molar-refractivity contribution is 5.99. The van der Waals surface area contributed by atoms with Gasteiger partial charge in [0.2, 0.25) is 11.8 Å². The summed E-state index contributed by atoms with van der Waals surface area (Å²) >= 11 is 0. The van der Waals surface area contributed by atoms with Crippen molar-refractivity contribution in [1.82, 2.24) is 26.1 Å². The second-order valence-corrected chi connectivity index (χ2v) is 17.3. The molecule has 0 radical (unpaired) electrons. The van der Waals surface area contributed by atoms with Gasteiger partial charge in [0.05, 0.1) is 23.9 Å². The van der Waals surface area contributed by atoms with Crippen molar-refractivity contribution in [2.24, 2.45) is 11.8 Å². The van der Waals surface area contributed by atoms with Crippen molar-refractivity contribution in [3.8, 4) is 11.1 Å². The minimum Gasteiger partial charge on any atom is -0.475 e. The quantitative estimate of drug-likeness (QED) is 0.0729. The molecule has 0 bridgehead atoms. The van der Waals surface area contributed by atoms with Crippen LogP contribution in [0.1, 0.15) is 88.7 Å². The predicted molar refractivity (Wildman–Crippen MR) is 228 cm³/mol. The SMILES string of the molecule is Cc1cc(C(=O)NCCOC(C)(C)C)ccc1-c1ccc(C[C@H](NC(=O)C2CCC(CNC(=O)OC(C)(C)C)CC2)C(=O)Nc2ccc3cn[nH]c3c2)cc1.O=C(O)C(F)(F)F. The van der Waals surface area contributed by atoms with Crippen molar-refractivity contribution < 1.29 is 51.7 Å². The molecule has 1 atom stereocenters. The zero-order valence-electron chi connectivity index (χ0n) is 36.1. The average molecular weight is 867 g/mol. The summed E-state index contributed by atoms with van der Waals surface area (Å²) in [6.45, 7) is 14.8. The van der Waals surface area contributed by atoms with Crippen molar-refractivity contribution in [2.45, 2.75) is 104 Å². The summed E-state index contributed by atoms with van der Waals surface area (Å²) in [6.07, 6.45) is -0.617. The standard InChI is InChI=1S/C43H56N6O6.C2HF3O2/c1-27-22-32(38(50)44-20-21-54-42(2,3)4)17-19-35(27)30-12-8-28(9-13-30)23-37(40(52)47-34-18-16-33-26-46-49-36(33)24-34)48-39(51)31-14-10-29(11-15-31)25-45-41(53)55-43(5,6)7;3-2(4,5)1(6)7/h8-9,12-13,16-19,22,24,26,29,31,37H,10-11,14-15,20-21,23,25H2,1-7H3,(H,44,50)(H,45,53)(H,46,49)(H,47,52)(H,48,51);(H,6,7)/t29?,31?,37-;/m0./s1. The lowest BCUT2D eigenvalue weighted by Crippen LogP contribution is -2.48. The second kappa shape index (κ2) is 21.2. The summed E-state index contributed by atoms with van der Waals surface area (Å²) in [6, 6.07) is 18.3. The summed E-state index contributed by atoms with van der Waals surface area (Å²) in [7, 11) is 0. The van der Waals surface area contributed by atoms with E-state index in [9.17, 15) is 32.3 Å². The number of hydrogen-bond donors (Lipinski definition) is 6. The van der Waals surface area contributed by atoms with E-state index in [1.807, 2.05) is 109 Å². The van der Waals surface area contributed by atoms with Crippen molar-refractivity contribution in [3.05, 3.63) is 83.6 Å². The third-order valence-electron chi connectivity index (χ3n) is 9.85. The van der Waals surface area contributed by atoms with Gasteiger partial charge in [0.25, 0.3) is 5.91 Å². The number of aromatic amines is 1. The van der Waals surface area contributed by atoms with Gasteiger partial charge in [-0.2, -0.15) is 18.3 Å². The topological polar surface area (TPSA) is 201 Å². The van der Waals surface area contributed by atoms with Crippen molar-refractivity contribution >= 4 is 46.4 Å². The molecule has 5 rings (SSSR count). The Hall–Kier alpha value is -5.97. The number of benzene rings is 3. The Morgan fingerprint density at radius 3 is 2.13 bits per heavy atom. The lowest BCUT2D eigenvalue weighted by atomic mass is 9.81. The third-order valence-corrected chi connectivity index (χ3v) is 9.85. The van der Waals surface area contributed by atoms with Gasteiger partial charge < -0.3 is 35.8 Å². The van der Waals surface area contributed by atoms with E-state index < -0.39 is 29.9 Å². The number of carboxylic acid groups (broad SMARTS) is 1. The van der Waals surface area contributed by atoms with Crippen LogP contribution in [0.25, 0.3) is 22.0 Å². The van der Waals surface area contributed by atoms with Gasteiger partial charge in [-0.1, -0.05) is 30.3 Å². The number of alkyl carbamates (subject to hydrolysis) is 1. The van der Waals surface area contributed by atoms with E-state index in [4.69, 9.17) is 19.4 Å². The fourth-order valence-electron chi connectivity index (χ4n) is 6.72. The Kier molecular flexibility index (Phi) is 16.7. The fourth-order valence-corrected chi connectivity index (χ4v) is 6.72. The lowest BCUT2D eigenvalue weighted by molar-refractivity contribution is -0.192. The van der Waals surface area contributed by atoms with Crippen molar-refractivity contribution in [2.75, 3.05) is 25.0 Å². The van der Waals surface area contributed by atoms with Crippen LogP contribution in [0, 0.1) is 18.8 Å². The summed E-state index contributed by atoms with van der Waals surface area (Å²) in [5.41, 5.74) is 4.95. The molecule has 4 aromatic rings. The average Bonchev–Trinajstić information content (AvgIpc) is 3.66. The van der Waals surface area contributed by atoms with Crippen LogP contribution in [0.5, 0.6) is 0 Å². The maximum atomic E-state index is 13.8. The number of hydrogen-bond acceptors (Lipinski definition) is 8.